The Morgan fingerprint density at radius 3 is 2.44 bits per heavy atom. The molecule has 0 N–H and O–H groups in total. The number of thioether (sulfide) groups is 1. The Morgan fingerprint density at radius 1 is 1.00 bits per heavy atom. The molecule has 1 saturated heterocycles. The quantitative estimate of drug-likeness (QED) is 0.214. The molecule has 0 bridgehead atoms. The molecule has 3 aromatic rings. The molecule has 4 rings (SSSR count). The van der Waals surface area contributed by atoms with Gasteiger partial charge in [-0.05, 0) is 65.4 Å². The van der Waals surface area contributed by atoms with E-state index in [2.05, 4.69) is 0 Å². The van der Waals surface area contributed by atoms with Crippen LogP contribution in [0.4, 0.5) is 4.79 Å². The first kappa shape index (κ1) is 23.9. The summed E-state index contributed by atoms with van der Waals surface area (Å²) in [5, 5.41) is 0.463. The molecular weight excluding hydrogens is 497 g/mol. The number of nitrogens with zero attached hydrogens (tertiary/aromatic N) is 1. The van der Waals surface area contributed by atoms with E-state index in [1.54, 1.807) is 72.8 Å². The predicted octanol–water partition coefficient (Wildman–Crippen LogP) is 6.46. The first-order valence-electron chi connectivity index (χ1n) is 10.0. The Hall–Kier alpha value is -3.26. The fourth-order valence-electron chi connectivity index (χ4n) is 3.20. The molecule has 9 heteroatoms. The van der Waals surface area contributed by atoms with Gasteiger partial charge in [0.15, 0.2) is 11.5 Å². The van der Waals surface area contributed by atoms with Gasteiger partial charge in [0.1, 0.15) is 0 Å². The minimum atomic E-state index is -0.649. The lowest BCUT2D eigenvalue weighted by molar-refractivity contribution is -0.123. The number of imide groups is 1. The summed E-state index contributed by atoms with van der Waals surface area (Å²) in [5.74, 6) is -0.574. The van der Waals surface area contributed by atoms with Gasteiger partial charge in [-0.25, -0.2) is 4.79 Å². The maximum atomic E-state index is 12.9. The second kappa shape index (κ2) is 10.3. The van der Waals surface area contributed by atoms with E-state index in [-0.39, 0.29) is 33.0 Å². The fraction of sp³-hybridized carbons (Fsp3) is 0.0800. The summed E-state index contributed by atoms with van der Waals surface area (Å²) in [5.41, 5.74) is 1.55. The van der Waals surface area contributed by atoms with Crippen LogP contribution in [0.2, 0.25) is 10.0 Å². The Kier molecular flexibility index (Phi) is 7.26. The monoisotopic (exact) mass is 513 g/mol. The molecule has 1 fully saturated rings. The highest BCUT2D eigenvalue weighted by Crippen LogP contribution is 2.35. The fourth-order valence-corrected chi connectivity index (χ4v) is 4.38. The van der Waals surface area contributed by atoms with Gasteiger partial charge in [0, 0.05) is 5.02 Å². The highest BCUT2D eigenvalue weighted by atomic mass is 35.5. The Bertz CT molecular complexity index is 1310. The number of rotatable bonds is 6. The van der Waals surface area contributed by atoms with E-state index >= 15 is 0 Å². The minimum Gasteiger partial charge on any atom is -0.493 e. The number of esters is 1. The molecule has 0 atom stereocenters. The first-order chi connectivity index (χ1) is 16.4. The molecule has 172 valence electrons. The number of amides is 2. The SMILES string of the molecule is COc1ccc(/C=C2\SC(=O)N(Cc3ccc(Cl)cc3)C2=O)cc1OC(=O)c1ccccc1Cl. The zero-order valence-electron chi connectivity index (χ0n) is 17.8. The maximum Gasteiger partial charge on any atom is 0.345 e. The number of halogens is 2. The van der Waals surface area contributed by atoms with Gasteiger partial charge in [0.25, 0.3) is 11.1 Å². The molecule has 0 spiro atoms. The minimum absolute atomic E-state index is 0.141. The maximum absolute atomic E-state index is 12.9. The van der Waals surface area contributed by atoms with Crippen molar-refractivity contribution >= 4 is 58.2 Å². The normalized spacial score (nSPS) is 14.6. The largest absolute Gasteiger partial charge is 0.493 e. The predicted molar refractivity (Wildman–Crippen MR) is 132 cm³/mol. The van der Waals surface area contributed by atoms with Crippen molar-refractivity contribution in [2.45, 2.75) is 6.54 Å². The third-order valence-electron chi connectivity index (χ3n) is 4.91. The van der Waals surface area contributed by atoms with Crippen LogP contribution in [0.25, 0.3) is 6.08 Å². The summed E-state index contributed by atoms with van der Waals surface area (Å²) in [6, 6.07) is 18.3. The van der Waals surface area contributed by atoms with Gasteiger partial charge in [-0.3, -0.25) is 14.5 Å². The molecule has 3 aromatic carbocycles. The summed E-state index contributed by atoms with van der Waals surface area (Å²) in [6.45, 7) is 0.141. The number of hydrogen-bond donors (Lipinski definition) is 0. The molecule has 0 radical (unpaired) electrons. The van der Waals surface area contributed by atoms with E-state index < -0.39 is 11.9 Å². The van der Waals surface area contributed by atoms with Crippen LogP contribution in [0, 0.1) is 0 Å². The molecule has 2 amide bonds. The Balaban J connectivity index is 1.56. The van der Waals surface area contributed by atoms with Crippen molar-refractivity contribution < 1.29 is 23.9 Å². The van der Waals surface area contributed by atoms with Gasteiger partial charge < -0.3 is 9.47 Å². The summed E-state index contributed by atoms with van der Waals surface area (Å²) >= 11 is 12.8. The molecule has 34 heavy (non-hydrogen) atoms. The van der Waals surface area contributed by atoms with Crippen LogP contribution in [0.15, 0.2) is 71.6 Å². The second-order valence-corrected chi connectivity index (χ2v) is 9.01. The van der Waals surface area contributed by atoms with Gasteiger partial charge in [0.2, 0.25) is 0 Å². The van der Waals surface area contributed by atoms with Crippen LogP contribution in [-0.2, 0) is 11.3 Å². The number of carbonyl (C=O) groups is 3. The van der Waals surface area contributed by atoms with E-state index in [1.165, 1.54) is 12.0 Å². The summed E-state index contributed by atoms with van der Waals surface area (Å²) < 4.78 is 10.8. The lowest BCUT2D eigenvalue weighted by Gasteiger charge is -2.12. The average Bonchev–Trinajstić information content (AvgIpc) is 3.08. The molecule has 0 aromatic heterocycles. The molecule has 0 unspecified atom stereocenters. The molecular formula is C25H17Cl2NO5S. The molecule has 1 aliphatic heterocycles. The number of methoxy groups -OCH3 is 1. The zero-order chi connectivity index (χ0) is 24.2. The third kappa shape index (κ3) is 5.28. The highest BCUT2D eigenvalue weighted by Gasteiger charge is 2.35. The number of ether oxygens (including phenoxy) is 2. The van der Waals surface area contributed by atoms with Crippen molar-refractivity contribution in [1.82, 2.24) is 4.90 Å². The summed E-state index contributed by atoms with van der Waals surface area (Å²) in [7, 11) is 1.45. The van der Waals surface area contributed by atoms with Crippen molar-refractivity contribution in [2.24, 2.45) is 0 Å². The topological polar surface area (TPSA) is 72.9 Å². The lowest BCUT2D eigenvalue weighted by atomic mass is 10.1. The van der Waals surface area contributed by atoms with Crippen molar-refractivity contribution in [1.29, 1.82) is 0 Å². The molecule has 1 heterocycles. The van der Waals surface area contributed by atoms with Crippen LogP contribution in [0.3, 0.4) is 0 Å². The van der Waals surface area contributed by atoms with Crippen LogP contribution < -0.4 is 9.47 Å². The number of benzene rings is 3. The van der Waals surface area contributed by atoms with Gasteiger partial charge in [-0.15, -0.1) is 0 Å². The highest BCUT2D eigenvalue weighted by molar-refractivity contribution is 8.18. The van der Waals surface area contributed by atoms with E-state index in [9.17, 15) is 14.4 Å². The smallest absolute Gasteiger partial charge is 0.345 e. The Labute approximate surface area is 210 Å². The van der Waals surface area contributed by atoms with Crippen LogP contribution >= 0.6 is 35.0 Å². The van der Waals surface area contributed by atoms with Gasteiger partial charge in [0.05, 0.1) is 29.1 Å². The van der Waals surface area contributed by atoms with Crippen molar-refractivity contribution in [3.05, 3.63) is 98.4 Å². The van der Waals surface area contributed by atoms with Crippen LogP contribution in [-0.4, -0.2) is 29.1 Å². The van der Waals surface area contributed by atoms with Crippen molar-refractivity contribution in [3.63, 3.8) is 0 Å². The third-order valence-corrected chi connectivity index (χ3v) is 6.40. The van der Waals surface area contributed by atoms with E-state index in [0.29, 0.717) is 16.3 Å². The molecule has 6 nitrogen and oxygen atoms in total. The summed E-state index contributed by atoms with van der Waals surface area (Å²) in [6.07, 6.45) is 1.57. The Morgan fingerprint density at radius 2 is 1.74 bits per heavy atom. The van der Waals surface area contributed by atoms with Crippen LogP contribution in [0.5, 0.6) is 11.5 Å². The van der Waals surface area contributed by atoms with Gasteiger partial charge in [-0.2, -0.15) is 0 Å². The van der Waals surface area contributed by atoms with Crippen LogP contribution in [0.1, 0.15) is 21.5 Å². The standard InChI is InChI=1S/C25H17Cl2NO5S/c1-32-20-11-8-16(12-21(20)33-24(30)18-4-2-3-5-19(18)27)13-22-23(29)28(25(31)34-22)14-15-6-9-17(26)10-7-15/h2-13H,14H2,1H3/b22-13-. The lowest BCUT2D eigenvalue weighted by Crippen LogP contribution is -2.27. The van der Waals surface area contributed by atoms with E-state index in [4.69, 9.17) is 32.7 Å². The number of carbonyl (C=O) groups excluding carboxylic acids is 3. The average molecular weight is 514 g/mol. The first-order valence-corrected chi connectivity index (χ1v) is 11.6. The summed E-state index contributed by atoms with van der Waals surface area (Å²) in [4.78, 5) is 39.3. The number of hydrogen-bond acceptors (Lipinski definition) is 6. The zero-order valence-corrected chi connectivity index (χ0v) is 20.1. The molecule has 0 saturated carbocycles. The van der Waals surface area contributed by atoms with Crippen molar-refractivity contribution in [3.8, 4) is 11.5 Å². The van der Waals surface area contributed by atoms with Crippen molar-refractivity contribution in [2.75, 3.05) is 7.11 Å². The van der Waals surface area contributed by atoms with Gasteiger partial charge >= 0.3 is 5.97 Å². The van der Waals surface area contributed by atoms with E-state index in [1.807, 2.05) is 0 Å². The molecule has 0 aliphatic carbocycles. The van der Waals surface area contributed by atoms with E-state index in [0.717, 1.165) is 17.3 Å². The van der Waals surface area contributed by atoms with Gasteiger partial charge in [-0.1, -0.05) is 53.5 Å². The molecule has 1 aliphatic rings. The second-order valence-electron chi connectivity index (χ2n) is 7.17.